The molecule has 0 radical (unpaired) electrons. The Bertz CT molecular complexity index is 962. The van der Waals surface area contributed by atoms with Gasteiger partial charge in [-0.25, -0.2) is 0 Å². The molecule has 0 spiro atoms. The summed E-state index contributed by atoms with van der Waals surface area (Å²) in [5.74, 6) is 3.14. The monoisotopic (exact) mass is 431 g/mol. The van der Waals surface area contributed by atoms with Crippen LogP contribution in [0.15, 0.2) is 90.4 Å². The van der Waals surface area contributed by atoms with Gasteiger partial charge in [-0.3, -0.25) is 0 Å². The van der Waals surface area contributed by atoms with Gasteiger partial charge in [0.05, 0.1) is 14.2 Å². The maximum atomic E-state index is 5.92. The van der Waals surface area contributed by atoms with Crippen LogP contribution in [0.4, 0.5) is 0 Å². The van der Waals surface area contributed by atoms with Crippen LogP contribution >= 0.6 is 0 Å². The van der Waals surface area contributed by atoms with Crippen LogP contribution in [0.5, 0.6) is 5.75 Å². The predicted octanol–water partition coefficient (Wildman–Crippen LogP) is 5.88. The molecule has 32 heavy (non-hydrogen) atoms. The second-order valence-electron chi connectivity index (χ2n) is 8.51. The minimum Gasteiger partial charge on any atom is -0.497 e. The van der Waals surface area contributed by atoms with Crippen molar-refractivity contribution in [1.29, 1.82) is 0 Å². The van der Waals surface area contributed by atoms with Crippen LogP contribution in [0.25, 0.3) is 0 Å². The third kappa shape index (κ3) is 5.63. The molecule has 2 aromatic rings. The van der Waals surface area contributed by atoms with Crippen molar-refractivity contribution in [3.05, 3.63) is 102 Å². The summed E-state index contributed by atoms with van der Waals surface area (Å²) in [5.41, 5.74) is 3.63. The van der Waals surface area contributed by atoms with Crippen LogP contribution < -0.4 is 10.1 Å². The molecular formula is C28H33NO3. The van der Waals surface area contributed by atoms with E-state index in [1.54, 1.807) is 14.2 Å². The number of hydrogen-bond acceptors (Lipinski definition) is 4. The molecule has 2 unspecified atom stereocenters. The first-order valence-corrected chi connectivity index (χ1v) is 11.4. The normalized spacial score (nSPS) is 26.4. The van der Waals surface area contributed by atoms with Gasteiger partial charge in [0.25, 0.3) is 0 Å². The fraction of sp³-hybridized carbons (Fsp3) is 0.357. The van der Waals surface area contributed by atoms with Crippen LogP contribution in [0.3, 0.4) is 0 Å². The first-order chi connectivity index (χ1) is 15.7. The molecule has 2 aromatic carbocycles. The van der Waals surface area contributed by atoms with E-state index in [4.69, 9.17) is 14.2 Å². The van der Waals surface area contributed by atoms with E-state index >= 15 is 0 Å². The third-order valence-electron chi connectivity index (χ3n) is 6.30. The second-order valence-corrected chi connectivity index (χ2v) is 8.51. The quantitative estimate of drug-likeness (QED) is 0.567. The van der Waals surface area contributed by atoms with Crippen molar-refractivity contribution in [1.82, 2.24) is 5.32 Å². The average Bonchev–Trinajstić information content (AvgIpc) is 3.59. The highest BCUT2D eigenvalue weighted by molar-refractivity contribution is 5.35. The molecular weight excluding hydrogens is 398 g/mol. The summed E-state index contributed by atoms with van der Waals surface area (Å²) >= 11 is 0. The molecule has 4 rings (SSSR count). The lowest BCUT2D eigenvalue weighted by Crippen LogP contribution is -2.32. The topological polar surface area (TPSA) is 39.7 Å². The third-order valence-corrected chi connectivity index (χ3v) is 6.30. The van der Waals surface area contributed by atoms with Gasteiger partial charge < -0.3 is 19.5 Å². The standard InChI is InChI=1S/C28H33NO3/c1-20-12-17-28(31-3)27(30-2)11-7-10-25(20)29-26-18-24(26)22-13-15-23(16-14-22)32-19-21-8-5-4-6-9-21/h4-6,8-9,12-17,24-26,29H,1,7,10-11,18-19H2,2-3H3/b17-12-,28-27-/t24?,25?,26-/m0/s1. The van der Waals surface area contributed by atoms with Gasteiger partial charge in [0.15, 0.2) is 5.76 Å². The molecule has 4 nitrogen and oxygen atoms in total. The molecule has 2 aliphatic carbocycles. The van der Waals surface area contributed by atoms with E-state index < -0.39 is 0 Å². The van der Waals surface area contributed by atoms with E-state index in [0.717, 1.165) is 48.5 Å². The highest BCUT2D eigenvalue weighted by Gasteiger charge is 2.39. The molecule has 0 saturated heterocycles. The van der Waals surface area contributed by atoms with Gasteiger partial charge in [-0.15, -0.1) is 0 Å². The number of rotatable bonds is 8. The summed E-state index contributed by atoms with van der Waals surface area (Å²) in [4.78, 5) is 0. The summed E-state index contributed by atoms with van der Waals surface area (Å²) < 4.78 is 16.9. The van der Waals surface area contributed by atoms with E-state index in [0.29, 0.717) is 18.6 Å². The number of benzene rings is 2. The number of nitrogens with one attached hydrogen (secondary N) is 1. The SMILES string of the molecule is C=C1/C=C\C(OC)=C(\OC)CCCC1N[C@H]1CC1c1ccc(OCc2ccccc2)cc1. The molecule has 168 valence electrons. The van der Waals surface area contributed by atoms with Crippen molar-refractivity contribution in [3.63, 3.8) is 0 Å². The van der Waals surface area contributed by atoms with E-state index in [9.17, 15) is 0 Å². The van der Waals surface area contributed by atoms with Crippen molar-refractivity contribution in [2.75, 3.05) is 14.2 Å². The molecule has 0 heterocycles. The van der Waals surface area contributed by atoms with Gasteiger partial charge in [-0.05, 0) is 54.2 Å². The Morgan fingerprint density at radius 3 is 2.47 bits per heavy atom. The maximum Gasteiger partial charge on any atom is 0.156 e. The fourth-order valence-electron chi connectivity index (χ4n) is 4.30. The van der Waals surface area contributed by atoms with Crippen molar-refractivity contribution < 1.29 is 14.2 Å². The fourth-order valence-corrected chi connectivity index (χ4v) is 4.30. The van der Waals surface area contributed by atoms with Gasteiger partial charge >= 0.3 is 0 Å². The van der Waals surface area contributed by atoms with E-state index in [1.165, 1.54) is 11.1 Å². The van der Waals surface area contributed by atoms with Gasteiger partial charge in [0, 0.05) is 24.4 Å². The molecule has 1 fully saturated rings. The zero-order valence-electron chi connectivity index (χ0n) is 19.1. The Morgan fingerprint density at radius 1 is 0.969 bits per heavy atom. The van der Waals surface area contributed by atoms with E-state index in [2.05, 4.69) is 54.4 Å². The largest absolute Gasteiger partial charge is 0.497 e. The van der Waals surface area contributed by atoms with Gasteiger partial charge in [-0.2, -0.15) is 0 Å². The molecule has 2 aliphatic rings. The van der Waals surface area contributed by atoms with Crippen LogP contribution in [0, 0.1) is 0 Å². The zero-order chi connectivity index (χ0) is 22.3. The average molecular weight is 432 g/mol. The van der Waals surface area contributed by atoms with E-state index in [1.807, 2.05) is 24.3 Å². The maximum absolute atomic E-state index is 5.92. The summed E-state index contributed by atoms with van der Waals surface area (Å²) in [6, 6.07) is 19.6. The highest BCUT2D eigenvalue weighted by atomic mass is 16.5. The van der Waals surface area contributed by atoms with Crippen molar-refractivity contribution in [3.8, 4) is 5.75 Å². The molecule has 1 saturated carbocycles. The number of allylic oxidation sites excluding steroid dienone is 2. The first kappa shape index (κ1) is 22.2. The van der Waals surface area contributed by atoms with Crippen molar-refractivity contribution >= 4 is 0 Å². The molecule has 0 amide bonds. The summed E-state index contributed by atoms with van der Waals surface area (Å²) in [7, 11) is 3.39. The van der Waals surface area contributed by atoms with Gasteiger partial charge in [0.1, 0.15) is 18.1 Å². The lowest BCUT2D eigenvalue weighted by Gasteiger charge is -2.19. The Hall–Kier alpha value is -2.98. The Morgan fingerprint density at radius 2 is 1.75 bits per heavy atom. The minimum absolute atomic E-state index is 0.268. The minimum atomic E-state index is 0.268. The number of methoxy groups -OCH3 is 2. The summed E-state index contributed by atoms with van der Waals surface area (Å²) in [5, 5.41) is 3.83. The second kappa shape index (κ2) is 10.6. The van der Waals surface area contributed by atoms with Crippen LogP contribution in [0.2, 0.25) is 0 Å². The Kier molecular flexibility index (Phi) is 7.33. The van der Waals surface area contributed by atoms with Crippen LogP contribution in [-0.4, -0.2) is 26.3 Å². The summed E-state index contributed by atoms with van der Waals surface area (Å²) in [6.07, 6.45) is 8.11. The molecule has 3 atom stereocenters. The van der Waals surface area contributed by atoms with Crippen molar-refractivity contribution in [2.24, 2.45) is 0 Å². The first-order valence-electron chi connectivity index (χ1n) is 11.4. The zero-order valence-corrected chi connectivity index (χ0v) is 19.1. The van der Waals surface area contributed by atoms with Crippen LogP contribution in [0.1, 0.15) is 42.7 Å². The molecule has 1 N–H and O–H groups in total. The highest BCUT2D eigenvalue weighted by Crippen LogP contribution is 2.42. The van der Waals surface area contributed by atoms with E-state index in [-0.39, 0.29) is 6.04 Å². The smallest absolute Gasteiger partial charge is 0.156 e. The molecule has 0 aliphatic heterocycles. The number of hydrogen-bond donors (Lipinski definition) is 1. The lowest BCUT2D eigenvalue weighted by atomic mass is 10.0. The number of ether oxygens (including phenoxy) is 3. The Labute approximate surface area is 191 Å². The molecule has 0 aromatic heterocycles. The Balaban J connectivity index is 1.30. The predicted molar refractivity (Wildman–Crippen MR) is 128 cm³/mol. The van der Waals surface area contributed by atoms with Gasteiger partial charge in [-0.1, -0.05) is 55.1 Å². The van der Waals surface area contributed by atoms with Crippen molar-refractivity contribution in [2.45, 2.75) is 50.3 Å². The molecule has 4 heteroatoms. The van der Waals surface area contributed by atoms with Gasteiger partial charge in [0.2, 0.25) is 0 Å². The summed E-state index contributed by atoms with van der Waals surface area (Å²) in [6.45, 7) is 4.90. The molecule has 0 bridgehead atoms. The van der Waals surface area contributed by atoms with Crippen LogP contribution in [-0.2, 0) is 16.1 Å². The lowest BCUT2D eigenvalue weighted by molar-refractivity contribution is 0.219.